The fourth-order valence-electron chi connectivity index (χ4n) is 2.44. The van der Waals surface area contributed by atoms with Crippen molar-refractivity contribution in [3.63, 3.8) is 0 Å². The molecule has 0 radical (unpaired) electrons. The maximum absolute atomic E-state index is 5.74. The molecule has 2 heterocycles. The second-order valence-electron chi connectivity index (χ2n) is 4.56. The van der Waals surface area contributed by atoms with E-state index in [9.17, 15) is 0 Å². The fraction of sp³-hybridized carbons (Fsp3) is 0.267. The Labute approximate surface area is 107 Å². The topological polar surface area (TPSA) is 42.1 Å². The van der Waals surface area contributed by atoms with Crippen molar-refractivity contribution in [1.82, 2.24) is 4.98 Å². The Morgan fingerprint density at radius 2 is 2.11 bits per heavy atom. The van der Waals surface area contributed by atoms with Gasteiger partial charge in [0.2, 0.25) is 0 Å². The molecule has 0 spiro atoms. The molecule has 0 bridgehead atoms. The molecule has 2 aromatic rings. The van der Waals surface area contributed by atoms with Gasteiger partial charge < -0.3 is 10.6 Å². The highest BCUT2D eigenvalue weighted by molar-refractivity contribution is 5.92. The first-order chi connectivity index (χ1) is 8.88. The van der Waals surface area contributed by atoms with E-state index in [1.807, 2.05) is 6.07 Å². The van der Waals surface area contributed by atoms with Crippen LogP contribution < -0.4 is 10.6 Å². The molecule has 18 heavy (non-hydrogen) atoms. The summed E-state index contributed by atoms with van der Waals surface area (Å²) in [5.41, 5.74) is 8.99. The molecule has 1 aliphatic heterocycles. The fourth-order valence-corrected chi connectivity index (χ4v) is 2.44. The van der Waals surface area contributed by atoms with Crippen molar-refractivity contribution in [3.8, 4) is 0 Å². The van der Waals surface area contributed by atoms with Gasteiger partial charge in [0, 0.05) is 30.7 Å². The maximum Gasteiger partial charge on any atom is 0.0726 e. The van der Waals surface area contributed by atoms with E-state index in [0.717, 1.165) is 30.7 Å². The molecule has 1 aromatic carbocycles. The van der Waals surface area contributed by atoms with E-state index < -0.39 is 0 Å². The quantitative estimate of drug-likeness (QED) is 0.819. The summed E-state index contributed by atoms with van der Waals surface area (Å²) in [5.74, 6) is 0. The highest BCUT2D eigenvalue weighted by Crippen LogP contribution is 2.27. The van der Waals surface area contributed by atoms with Crippen LogP contribution in [-0.2, 0) is 6.54 Å². The smallest absolute Gasteiger partial charge is 0.0726 e. The number of para-hydroxylation sites is 1. The Bertz CT molecular complexity index is 589. The van der Waals surface area contributed by atoms with Gasteiger partial charge >= 0.3 is 0 Å². The van der Waals surface area contributed by atoms with Crippen LogP contribution in [0.4, 0.5) is 5.69 Å². The van der Waals surface area contributed by atoms with Crippen molar-refractivity contribution in [2.24, 2.45) is 5.73 Å². The van der Waals surface area contributed by atoms with Crippen LogP contribution in [0.1, 0.15) is 12.1 Å². The van der Waals surface area contributed by atoms with Crippen LogP contribution in [0.3, 0.4) is 0 Å². The molecule has 1 aliphatic rings. The number of hydrogen-bond donors (Lipinski definition) is 1. The molecule has 3 nitrogen and oxygen atoms in total. The minimum atomic E-state index is 0.488. The highest BCUT2D eigenvalue weighted by Gasteiger charge is 2.12. The number of fused-ring (bicyclic) bond motifs is 1. The van der Waals surface area contributed by atoms with Crippen molar-refractivity contribution in [1.29, 1.82) is 0 Å². The number of hydrogen-bond acceptors (Lipinski definition) is 3. The van der Waals surface area contributed by atoms with Gasteiger partial charge in [0.15, 0.2) is 0 Å². The Balaban J connectivity index is 2.16. The van der Waals surface area contributed by atoms with E-state index in [1.54, 1.807) is 0 Å². The molecular weight excluding hydrogens is 222 g/mol. The zero-order valence-electron chi connectivity index (χ0n) is 10.3. The van der Waals surface area contributed by atoms with Crippen molar-refractivity contribution >= 4 is 16.6 Å². The van der Waals surface area contributed by atoms with Gasteiger partial charge in [-0.05, 0) is 18.6 Å². The predicted octanol–water partition coefficient (Wildman–Crippen LogP) is 2.46. The zero-order valence-corrected chi connectivity index (χ0v) is 10.3. The Hall–Kier alpha value is -1.87. The number of rotatable bonds is 2. The third-order valence-electron chi connectivity index (χ3n) is 3.36. The Kier molecular flexibility index (Phi) is 2.99. The summed E-state index contributed by atoms with van der Waals surface area (Å²) in [6, 6.07) is 10.4. The summed E-state index contributed by atoms with van der Waals surface area (Å²) in [7, 11) is 0. The lowest BCUT2D eigenvalue weighted by atomic mass is 10.1. The Morgan fingerprint density at radius 1 is 1.22 bits per heavy atom. The average Bonchev–Trinajstić information content (AvgIpc) is 2.47. The maximum atomic E-state index is 5.74. The van der Waals surface area contributed by atoms with Crippen LogP contribution in [-0.4, -0.2) is 18.1 Å². The molecule has 0 saturated carbocycles. The molecule has 0 atom stereocenters. The number of benzene rings is 1. The molecule has 2 N–H and O–H groups in total. The van der Waals surface area contributed by atoms with Crippen LogP contribution in [0.25, 0.3) is 10.9 Å². The lowest BCUT2D eigenvalue weighted by Gasteiger charge is -2.27. The van der Waals surface area contributed by atoms with Gasteiger partial charge in [0.25, 0.3) is 0 Å². The summed E-state index contributed by atoms with van der Waals surface area (Å²) < 4.78 is 0. The van der Waals surface area contributed by atoms with Gasteiger partial charge in [-0.1, -0.05) is 30.4 Å². The molecule has 92 valence electrons. The second-order valence-corrected chi connectivity index (χ2v) is 4.56. The van der Waals surface area contributed by atoms with Crippen molar-refractivity contribution < 1.29 is 0 Å². The van der Waals surface area contributed by atoms with Crippen molar-refractivity contribution in [2.45, 2.75) is 13.0 Å². The standard InChI is InChI=1S/C15H17N3/c16-11-12-10-15(18-8-4-1-5-9-18)13-6-2-3-7-14(13)17-12/h1-4,6-7,10H,5,8-9,11,16H2. The van der Waals surface area contributed by atoms with E-state index in [-0.39, 0.29) is 0 Å². The lowest BCUT2D eigenvalue weighted by molar-refractivity contribution is 0.821. The monoisotopic (exact) mass is 239 g/mol. The number of nitrogens with zero attached hydrogens (tertiary/aromatic N) is 2. The molecule has 3 rings (SSSR count). The normalized spacial score (nSPS) is 15.3. The number of pyridine rings is 1. The molecule has 0 aliphatic carbocycles. The van der Waals surface area contributed by atoms with Crippen LogP contribution >= 0.6 is 0 Å². The summed E-state index contributed by atoms with van der Waals surface area (Å²) >= 11 is 0. The van der Waals surface area contributed by atoms with Gasteiger partial charge in [-0.25, -0.2) is 0 Å². The summed E-state index contributed by atoms with van der Waals surface area (Å²) in [6.45, 7) is 2.52. The minimum absolute atomic E-state index is 0.488. The third-order valence-corrected chi connectivity index (χ3v) is 3.36. The molecule has 0 amide bonds. The van der Waals surface area contributed by atoms with E-state index in [1.165, 1.54) is 11.1 Å². The van der Waals surface area contributed by atoms with Crippen LogP contribution in [0, 0.1) is 0 Å². The predicted molar refractivity (Wildman–Crippen MR) is 75.6 cm³/mol. The lowest BCUT2D eigenvalue weighted by Crippen LogP contribution is -2.27. The first kappa shape index (κ1) is 11.2. The number of aromatic nitrogens is 1. The largest absolute Gasteiger partial charge is 0.367 e. The number of anilines is 1. The molecule has 0 unspecified atom stereocenters. The van der Waals surface area contributed by atoms with Crippen molar-refractivity contribution in [3.05, 3.63) is 48.2 Å². The van der Waals surface area contributed by atoms with E-state index >= 15 is 0 Å². The van der Waals surface area contributed by atoms with Gasteiger partial charge in [-0.3, -0.25) is 4.98 Å². The van der Waals surface area contributed by atoms with E-state index in [0.29, 0.717) is 6.54 Å². The third kappa shape index (κ3) is 1.97. The molecular formula is C15H17N3. The van der Waals surface area contributed by atoms with Crippen LogP contribution in [0.15, 0.2) is 42.5 Å². The number of nitrogens with two attached hydrogens (primary N) is 1. The first-order valence-corrected chi connectivity index (χ1v) is 6.37. The van der Waals surface area contributed by atoms with E-state index in [2.05, 4.69) is 46.3 Å². The Morgan fingerprint density at radius 3 is 2.89 bits per heavy atom. The second kappa shape index (κ2) is 4.78. The molecule has 3 heteroatoms. The van der Waals surface area contributed by atoms with Crippen LogP contribution in [0.2, 0.25) is 0 Å². The molecule has 0 fully saturated rings. The van der Waals surface area contributed by atoms with Gasteiger partial charge in [0.05, 0.1) is 11.2 Å². The summed E-state index contributed by atoms with van der Waals surface area (Å²) in [5, 5.41) is 1.21. The highest BCUT2D eigenvalue weighted by atomic mass is 15.1. The van der Waals surface area contributed by atoms with Crippen LogP contribution in [0.5, 0.6) is 0 Å². The van der Waals surface area contributed by atoms with Crippen molar-refractivity contribution in [2.75, 3.05) is 18.0 Å². The molecule has 1 aromatic heterocycles. The summed E-state index contributed by atoms with van der Waals surface area (Å²) in [6.07, 6.45) is 5.57. The molecule has 0 saturated heterocycles. The zero-order chi connectivity index (χ0) is 12.4. The van der Waals surface area contributed by atoms with E-state index in [4.69, 9.17) is 5.73 Å². The summed E-state index contributed by atoms with van der Waals surface area (Å²) in [4.78, 5) is 6.97. The SMILES string of the molecule is NCc1cc(N2CC=CCC2)c2ccccc2n1. The first-order valence-electron chi connectivity index (χ1n) is 6.37. The average molecular weight is 239 g/mol. The van der Waals surface area contributed by atoms with Gasteiger partial charge in [-0.15, -0.1) is 0 Å². The van der Waals surface area contributed by atoms with Gasteiger partial charge in [0.1, 0.15) is 0 Å². The minimum Gasteiger partial charge on any atom is -0.367 e. The van der Waals surface area contributed by atoms with Gasteiger partial charge in [-0.2, -0.15) is 0 Å².